The van der Waals surface area contributed by atoms with Crippen molar-refractivity contribution in [3.8, 4) is 0 Å². The van der Waals surface area contributed by atoms with Gasteiger partial charge >= 0.3 is 0 Å². The molecule has 1 aliphatic carbocycles. The Morgan fingerprint density at radius 3 is 2.92 bits per heavy atom. The summed E-state index contributed by atoms with van der Waals surface area (Å²) in [5.41, 5.74) is 2.84. The Morgan fingerprint density at radius 1 is 1.29 bits per heavy atom. The second-order valence-corrected chi connectivity index (χ2v) is 6.55. The van der Waals surface area contributed by atoms with E-state index in [0.29, 0.717) is 24.6 Å². The predicted octanol–water partition coefficient (Wildman–Crippen LogP) is 1.38. The molecule has 0 radical (unpaired) electrons. The molecule has 0 bridgehead atoms. The summed E-state index contributed by atoms with van der Waals surface area (Å²) in [5.74, 6) is 0.671. The minimum Gasteiger partial charge on any atom is -0.379 e. The summed E-state index contributed by atoms with van der Waals surface area (Å²) in [6.07, 6.45) is 8.29. The number of carbonyl (C=O) groups excluding carboxylic acids is 1. The van der Waals surface area contributed by atoms with Crippen molar-refractivity contribution in [3.05, 3.63) is 41.5 Å². The highest BCUT2D eigenvalue weighted by atomic mass is 16.5. The Labute approximate surface area is 140 Å². The average Bonchev–Trinajstić information content (AvgIpc) is 3.37. The van der Waals surface area contributed by atoms with Gasteiger partial charge in [0.25, 0.3) is 5.91 Å². The molecule has 1 saturated carbocycles. The van der Waals surface area contributed by atoms with E-state index in [1.54, 1.807) is 12.3 Å². The summed E-state index contributed by atoms with van der Waals surface area (Å²) >= 11 is 0. The molecule has 2 aliphatic rings. The van der Waals surface area contributed by atoms with Gasteiger partial charge in [-0.25, -0.2) is 0 Å². The van der Waals surface area contributed by atoms with E-state index in [4.69, 9.17) is 4.74 Å². The number of fused-ring (bicyclic) bond motifs is 1. The van der Waals surface area contributed by atoms with Crippen LogP contribution in [-0.2, 0) is 18.2 Å². The van der Waals surface area contributed by atoms with Gasteiger partial charge in [0.2, 0.25) is 0 Å². The number of hydrogen-bond acceptors (Lipinski definition) is 5. The second-order valence-electron chi connectivity index (χ2n) is 6.55. The zero-order valence-corrected chi connectivity index (χ0v) is 13.8. The molecular formula is C17H21N5O2. The van der Waals surface area contributed by atoms with E-state index in [0.717, 1.165) is 18.7 Å². The van der Waals surface area contributed by atoms with Gasteiger partial charge in [-0.15, -0.1) is 0 Å². The molecule has 1 amide bonds. The molecule has 1 atom stereocenters. The number of rotatable bonds is 5. The third-order valence-electron chi connectivity index (χ3n) is 4.80. The Balaban J connectivity index is 1.59. The van der Waals surface area contributed by atoms with Gasteiger partial charge < -0.3 is 9.64 Å². The van der Waals surface area contributed by atoms with Gasteiger partial charge in [0.15, 0.2) is 0 Å². The Morgan fingerprint density at radius 2 is 2.17 bits per heavy atom. The van der Waals surface area contributed by atoms with Gasteiger partial charge in [-0.2, -0.15) is 15.3 Å². The van der Waals surface area contributed by atoms with E-state index in [9.17, 15) is 4.79 Å². The molecule has 7 nitrogen and oxygen atoms in total. The largest absolute Gasteiger partial charge is 0.379 e. The fourth-order valence-electron chi connectivity index (χ4n) is 3.28. The molecule has 0 saturated heterocycles. The van der Waals surface area contributed by atoms with Crippen molar-refractivity contribution in [2.45, 2.75) is 25.3 Å². The highest BCUT2D eigenvalue weighted by Gasteiger charge is 2.34. The second kappa shape index (κ2) is 6.32. The normalized spacial score (nSPS) is 20.0. The van der Waals surface area contributed by atoms with Gasteiger partial charge in [0.1, 0.15) is 0 Å². The monoisotopic (exact) mass is 327 g/mol. The lowest BCUT2D eigenvalue weighted by Crippen LogP contribution is -2.42. The van der Waals surface area contributed by atoms with E-state index in [1.807, 2.05) is 22.8 Å². The average molecular weight is 327 g/mol. The van der Waals surface area contributed by atoms with Crippen LogP contribution in [0.2, 0.25) is 0 Å². The van der Waals surface area contributed by atoms with Gasteiger partial charge in [0.05, 0.1) is 42.5 Å². The van der Waals surface area contributed by atoms with Crippen LogP contribution in [0.15, 0.2) is 24.7 Å². The summed E-state index contributed by atoms with van der Waals surface area (Å²) in [4.78, 5) is 14.8. The maximum Gasteiger partial charge on any atom is 0.256 e. The molecule has 2 aromatic heterocycles. The number of amides is 1. The smallest absolute Gasteiger partial charge is 0.256 e. The van der Waals surface area contributed by atoms with E-state index in [1.165, 1.54) is 24.6 Å². The van der Waals surface area contributed by atoms with Crippen LogP contribution in [0.25, 0.3) is 0 Å². The summed E-state index contributed by atoms with van der Waals surface area (Å²) in [6.45, 7) is 1.95. The maximum absolute atomic E-state index is 12.9. The molecule has 1 fully saturated rings. The molecule has 126 valence electrons. The van der Waals surface area contributed by atoms with Gasteiger partial charge in [-0.3, -0.25) is 9.48 Å². The third kappa shape index (κ3) is 2.91. The molecule has 4 rings (SSSR count). The highest BCUT2D eigenvalue weighted by molar-refractivity contribution is 5.94. The van der Waals surface area contributed by atoms with E-state index in [2.05, 4.69) is 15.3 Å². The van der Waals surface area contributed by atoms with Crippen molar-refractivity contribution in [2.24, 2.45) is 13.0 Å². The number of hydrogen-bond donors (Lipinski definition) is 0. The van der Waals surface area contributed by atoms with Crippen molar-refractivity contribution < 1.29 is 9.53 Å². The zero-order chi connectivity index (χ0) is 16.5. The first-order chi connectivity index (χ1) is 11.7. The molecule has 24 heavy (non-hydrogen) atoms. The van der Waals surface area contributed by atoms with E-state index >= 15 is 0 Å². The summed E-state index contributed by atoms with van der Waals surface area (Å²) < 4.78 is 7.80. The number of ether oxygens (including phenoxy) is 1. The molecule has 3 heterocycles. The van der Waals surface area contributed by atoms with Crippen molar-refractivity contribution in [3.63, 3.8) is 0 Å². The van der Waals surface area contributed by atoms with Gasteiger partial charge in [0, 0.05) is 20.2 Å². The molecule has 2 aromatic rings. The SMILES string of the molecule is Cn1ncc2c1[C@H](COCC1CC1)N(C(=O)c1ccnnc1)CC2. The van der Waals surface area contributed by atoms with Crippen molar-refractivity contribution in [1.29, 1.82) is 0 Å². The molecule has 0 unspecified atom stereocenters. The van der Waals surface area contributed by atoms with Crippen LogP contribution >= 0.6 is 0 Å². The number of aromatic nitrogens is 4. The van der Waals surface area contributed by atoms with Gasteiger partial charge in [-0.1, -0.05) is 0 Å². The molecule has 0 spiro atoms. The van der Waals surface area contributed by atoms with Crippen LogP contribution in [0.5, 0.6) is 0 Å². The summed E-state index contributed by atoms with van der Waals surface area (Å²) in [6, 6.07) is 1.59. The van der Waals surface area contributed by atoms with Crippen LogP contribution in [0.1, 0.15) is 40.5 Å². The minimum absolute atomic E-state index is 0.0308. The first-order valence-electron chi connectivity index (χ1n) is 8.40. The van der Waals surface area contributed by atoms with Crippen LogP contribution in [0, 0.1) is 5.92 Å². The van der Waals surface area contributed by atoms with Crippen LogP contribution in [0.4, 0.5) is 0 Å². The first kappa shape index (κ1) is 15.3. The molecule has 7 heteroatoms. The molecular weight excluding hydrogens is 306 g/mol. The molecule has 0 N–H and O–H groups in total. The Hall–Kier alpha value is -2.28. The quantitative estimate of drug-likeness (QED) is 0.829. The lowest BCUT2D eigenvalue weighted by molar-refractivity contribution is 0.0348. The highest BCUT2D eigenvalue weighted by Crippen LogP contribution is 2.33. The molecule has 0 aromatic carbocycles. The standard InChI is InChI=1S/C17H21N5O2/c1-21-16-13(9-20-21)5-7-22(15(16)11-24-10-12-2-3-12)17(23)14-4-6-18-19-8-14/h4,6,8-9,12,15H,2-3,5,7,10-11H2,1H3/t15-/m0/s1. The number of aryl methyl sites for hydroxylation is 1. The van der Waals surface area contributed by atoms with E-state index < -0.39 is 0 Å². The van der Waals surface area contributed by atoms with E-state index in [-0.39, 0.29) is 11.9 Å². The topological polar surface area (TPSA) is 73.1 Å². The minimum atomic E-state index is -0.110. The summed E-state index contributed by atoms with van der Waals surface area (Å²) in [5, 5.41) is 11.9. The van der Waals surface area contributed by atoms with Crippen LogP contribution < -0.4 is 0 Å². The maximum atomic E-state index is 12.9. The lowest BCUT2D eigenvalue weighted by atomic mass is 9.99. The fraction of sp³-hybridized carbons (Fsp3) is 0.529. The number of nitrogens with zero attached hydrogens (tertiary/aromatic N) is 5. The first-order valence-corrected chi connectivity index (χ1v) is 8.40. The predicted molar refractivity (Wildman–Crippen MR) is 86.3 cm³/mol. The van der Waals surface area contributed by atoms with Crippen molar-refractivity contribution >= 4 is 5.91 Å². The third-order valence-corrected chi connectivity index (χ3v) is 4.80. The van der Waals surface area contributed by atoms with Gasteiger partial charge in [-0.05, 0) is 36.8 Å². The fourth-order valence-corrected chi connectivity index (χ4v) is 3.28. The van der Waals surface area contributed by atoms with Crippen LogP contribution in [0.3, 0.4) is 0 Å². The zero-order valence-electron chi connectivity index (χ0n) is 13.8. The Bertz CT molecular complexity index is 726. The number of carbonyl (C=O) groups is 1. The van der Waals surface area contributed by atoms with Crippen molar-refractivity contribution in [2.75, 3.05) is 19.8 Å². The van der Waals surface area contributed by atoms with Crippen molar-refractivity contribution in [1.82, 2.24) is 24.9 Å². The van der Waals surface area contributed by atoms with Crippen LogP contribution in [-0.4, -0.2) is 50.5 Å². The summed E-state index contributed by atoms with van der Waals surface area (Å²) in [7, 11) is 1.93. The lowest BCUT2D eigenvalue weighted by Gasteiger charge is -2.36. The Kier molecular flexibility index (Phi) is 4.02. The molecule has 1 aliphatic heterocycles.